The van der Waals surface area contributed by atoms with E-state index < -0.39 is 0 Å². The lowest BCUT2D eigenvalue weighted by Crippen LogP contribution is -2.07. The van der Waals surface area contributed by atoms with Crippen LogP contribution in [0, 0.1) is 5.92 Å². The summed E-state index contributed by atoms with van der Waals surface area (Å²) in [6.07, 6.45) is 5.19. The van der Waals surface area contributed by atoms with Gasteiger partial charge in [0.05, 0.1) is 6.61 Å². The molecule has 1 aliphatic heterocycles. The van der Waals surface area contributed by atoms with E-state index >= 15 is 0 Å². The lowest BCUT2D eigenvalue weighted by atomic mass is 10.1. The molecule has 0 amide bonds. The molecule has 1 heterocycles. The summed E-state index contributed by atoms with van der Waals surface area (Å²) in [6.45, 7) is 4.23. The average Bonchev–Trinajstić information content (AvgIpc) is 2.32. The van der Waals surface area contributed by atoms with Gasteiger partial charge in [-0.05, 0) is 18.4 Å². The summed E-state index contributed by atoms with van der Waals surface area (Å²) in [5.41, 5.74) is 0. The minimum Gasteiger partial charge on any atom is -0.475 e. The third kappa shape index (κ3) is 4.08. The van der Waals surface area contributed by atoms with Gasteiger partial charge in [0.25, 0.3) is 0 Å². The maximum Gasteiger partial charge on any atom is 0.208 e. The van der Waals surface area contributed by atoms with Gasteiger partial charge in [-0.25, -0.2) is 0 Å². The highest BCUT2D eigenvalue weighted by Gasteiger charge is 2.03. The van der Waals surface area contributed by atoms with Crippen molar-refractivity contribution in [3.05, 3.63) is 12.2 Å². The second kappa shape index (κ2) is 5.75. The third-order valence-electron chi connectivity index (χ3n) is 1.96. The number of ether oxygens (including phenoxy) is 2. The SMILES string of the molecule is COCCOC1=NCC[C@H](C)C=C1. The van der Waals surface area contributed by atoms with Gasteiger partial charge >= 0.3 is 0 Å². The van der Waals surface area contributed by atoms with Crippen molar-refractivity contribution in [2.75, 3.05) is 26.9 Å². The molecule has 0 saturated heterocycles. The molecule has 3 heteroatoms. The van der Waals surface area contributed by atoms with Crippen LogP contribution in [-0.2, 0) is 9.47 Å². The molecule has 0 aromatic carbocycles. The van der Waals surface area contributed by atoms with E-state index in [1.807, 2.05) is 6.08 Å². The number of hydrogen-bond donors (Lipinski definition) is 0. The topological polar surface area (TPSA) is 30.8 Å². The maximum atomic E-state index is 5.39. The Balaban J connectivity index is 2.31. The van der Waals surface area contributed by atoms with Gasteiger partial charge in [-0.3, -0.25) is 4.99 Å². The Bertz CT molecular complexity index is 199. The summed E-state index contributed by atoms with van der Waals surface area (Å²) in [6, 6.07) is 0. The fraction of sp³-hybridized carbons (Fsp3) is 0.700. The van der Waals surface area contributed by atoms with E-state index in [4.69, 9.17) is 9.47 Å². The highest BCUT2D eigenvalue weighted by Crippen LogP contribution is 2.08. The van der Waals surface area contributed by atoms with Crippen molar-refractivity contribution in [1.29, 1.82) is 0 Å². The van der Waals surface area contributed by atoms with E-state index in [9.17, 15) is 0 Å². The molecule has 13 heavy (non-hydrogen) atoms. The van der Waals surface area contributed by atoms with Gasteiger partial charge < -0.3 is 9.47 Å². The quantitative estimate of drug-likeness (QED) is 0.623. The Kier molecular flexibility index (Phi) is 4.54. The van der Waals surface area contributed by atoms with Crippen molar-refractivity contribution < 1.29 is 9.47 Å². The van der Waals surface area contributed by atoms with Crippen molar-refractivity contribution in [2.24, 2.45) is 10.9 Å². The van der Waals surface area contributed by atoms with Crippen LogP contribution in [0.1, 0.15) is 13.3 Å². The van der Waals surface area contributed by atoms with E-state index in [2.05, 4.69) is 18.0 Å². The van der Waals surface area contributed by atoms with Gasteiger partial charge in [0.1, 0.15) is 6.61 Å². The first-order valence-electron chi connectivity index (χ1n) is 4.67. The predicted molar refractivity (Wildman–Crippen MR) is 53.1 cm³/mol. The summed E-state index contributed by atoms with van der Waals surface area (Å²) in [5.74, 6) is 1.34. The van der Waals surface area contributed by atoms with Crippen LogP contribution in [0.15, 0.2) is 17.1 Å². The smallest absolute Gasteiger partial charge is 0.208 e. The van der Waals surface area contributed by atoms with Crippen LogP contribution in [-0.4, -0.2) is 32.8 Å². The van der Waals surface area contributed by atoms with Gasteiger partial charge in [0.2, 0.25) is 5.90 Å². The largest absolute Gasteiger partial charge is 0.475 e. The van der Waals surface area contributed by atoms with Crippen LogP contribution in [0.2, 0.25) is 0 Å². The third-order valence-corrected chi connectivity index (χ3v) is 1.96. The molecule has 0 N–H and O–H groups in total. The maximum absolute atomic E-state index is 5.39. The van der Waals surface area contributed by atoms with Gasteiger partial charge in [-0.15, -0.1) is 0 Å². The van der Waals surface area contributed by atoms with Crippen molar-refractivity contribution in [3.63, 3.8) is 0 Å². The molecule has 1 rings (SSSR count). The van der Waals surface area contributed by atoms with Crippen molar-refractivity contribution in [2.45, 2.75) is 13.3 Å². The van der Waals surface area contributed by atoms with E-state index in [0.29, 0.717) is 19.1 Å². The molecule has 0 bridgehead atoms. The molecule has 0 fully saturated rings. The highest BCUT2D eigenvalue weighted by molar-refractivity contribution is 5.87. The molecule has 0 aliphatic carbocycles. The van der Waals surface area contributed by atoms with E-state index in [-0.39, 0.29) is 0 Å². The monoisotopic (exact) mass is 183 g/mol. The first-order valence-corrected chi connectivity index (χ1v) is 4.67. The zero-order valence-electron chi connectivity index (χ0n) is 8.32. The van der Waals surface area contributed by atoms with Gasteiger partial charge in [0.15, 0.2) is 0 Å². The molecule has 1 atom stereocenters. The number of nitrogens with zero attached hydrogens (tertiary/aromatic N) is 1. The molecule has 0 aromatic heterocycles. The number of hydrogen-bond acceptors (Lipinski definition) is 3. The molecular weight excluding hydrogens is 166 g/mol. The number of allylic oxidation sites excluding steroid dienone is 1. The lowest BCUT2D eigenvalue weighted by Gasteiger charge is -2.03. The Morgan fingerprint density at radius 1 is 1.54 bits per heavy atom. The van der Waals surface area contributed by atoms with Gasteiger partial charge in [-0.2, -0.15) is 0 Å². The normalized spacial score (nSPS) is 22.3. The lowest BCUT2D eigenvalue weighted by molar-refractivity contribution is 0.141. The molecule has 0 radical (unpaired) electrons. The van der Waals surface area contributed by atoms with Gasteiger partial charge in [0, 0.05) is 13.7 Å². The number of rotatable bonds is 3. The Morgan fingerprint density at radius 3 is 3.15 bits per heavy atom. The Morgan fingerprint density at radius 2 is 2.38 bits per heavy atom. The van der Waals surface area contributed by atoms with Crippen molar-refractivity contribution in [3.8, 4) is 0 Å². The fourth-order valence-corrected chi connectivity index (χ4v) is 1.10. The van der Waals surface area contributed by atoms with E-state index in [1.54, 1.807) is 7.11 Å². The summed E-state index contributed by atoms with van der Waals surface area (Å²) >= 11 is 0. The second-order valence-corrected chi connectivity index (χ2v) is 3.19. The number of aliphatic imine (C=N–C) groups is 1. The van der Waals surface area contributed by atoms with E-state index in [0.717, 1.165) is 18.9 Å². The summed E-state index contributed by atoms with van der Waals surface area (Å²) in [4.78, 5) is 4.30. The standard InChI is InChI=1S/C10H17NO2/c1-9-3-4-10(11-6-5-9)13-8-7-12-2/h3-4,9H,5-8H2,1-2H3/t9-/m1/s1. The summed E-state index contributed by atoms with van der Waals surface area (Å²) in [5, 5.41) is 0. The average molecular weight is 183 g/mol. The second-order valence-electron chi connectivity index (χ2n) is 3.19. The first-order chi connectivity index (χ1) is 6.33. The van der Waals surface area contributed by atoms with Gasteiger partial charge in [-0.1, -0.05) is 13.0 Å². The fourth-order valence-electron chi connectivity index (χ4n) is 1.10. The van der Waals surface area contributed by atoms with Crippen LogP contribution in [0.25, 0.3) is 0 Å². The molecule has 0 spiro atoms. The minimum atomic E-state index is 0.577. The first kappa shape index (κ1) is 10.3. The van der Waals surface area contributed by atoms with Crippen molar-refractivity contribution >= 4 is 5.90 Å². The molecule has 1 aliphatic rings. The summed E-state index contributed by atoms with van der Waals surface area (Å²) < 4.78 is 10.3. The van der Waals surface area contributed by atoms with Crippen LogP contribution in [0.3, 0.4) is 0 Å². The van der Waals surface area contributed by atoms with E-state index in [1.165, 1.54) is 0 Å². The predicted octanol–water partition coefficient (Wildman–Crippen LogP) is 1.64. The Labute approximate surface area is 79.5 Å². The van der Waals surface area contributed by atoms with Crippen LogP contribution < -0.4 is 0 Å². The van der Waals surface area contributed by atoms with Crippen LogP contribution in [0.4, 0.5) is 0 Å². The Hall–Kier alpha value is -0.830. The molecule has 74 valence electrons. The van der Waals surface area contributed by atoms with Crippen LogP contribution in [0.5, 0.6) is 0 Å². The van der Waals surface area contributed by atoms with Crippen LogP contribution >= 0.6 is 0 Å². The molecular formula is C10H17NO2. The zero-order valence-corrected chi connectivity index (χ0v) is 8.32. The molecule has 0 unspecified atom stereocenters. The zero-order chi connectivity index (χ0) is 9.52. The molecule has 3 nitrogen and oxygen atoms in total. The molecule has 0 saturated carbocycles. The summed E-state index contributed by atoms with van der Waals surface area (Å²) in [7, 11) is 1.66. The van der Waals surface area contributed by atoms with Crippen molar-refractivity contribution in [1.82, 2.24) is 0 Å². The minimum absolute atomic E-state index is 0.577. The molecule has 0 aromatic rings. The highest BCUT2D eigenvalue weighted by atomic mass is 16.5. The number of methoxy groups -OCH3 is 1.